The van der Waals surface area contributed by atoms with Crippen molar-refractivity contribution in [3.63, 3.8) is 0 Å². The molecule has 0 aliphatic carbocycles. The van der Waals surface area contributed by atoms with Crippen molar-refractivity contribution < 1.29 is 9.90 Å². The lowest BCUT2D eigenvalue weighted by Gasteiger charge is -2.14. The van der Waals surface area contributed by atoms with Gasteiger partial charge in [-0.15, -0.1) is 23.1 Å². The summed E-state index contributed by atoms with van der Waals surface area (Å²) in [7, 11) is 0. The number of aromatic nitrogens is 2. The average molecular weight is 464 g/mol. The fourth-order valence-corrected chi connectivity index (χ4v) is 4.52. The van der Waals surface area contributed by atoms with Crippen molar-refractivity contribution in [1.29, 1.82) is 0 Å². The van der Waals surface area contributed by atoms with Crippen LogP contribution in [0.5, 0.6) is 0 Å². The van der Waals surface area contributed by atoms with E-state index >= 15 is 0 Å². The minimum Gasteiger partial charge on any atom is -0.481 e. The van der Waals surface area contributed by atoms with Crippen LogP contribution in [-0.4, -0.2) is 26.8 Å². The van der Waals surface area contributed by atoms with Crippen LogP contribution in [0.2, 0.25) is 0 Å². The molecule has 5 nitrogen and oxygen atoms in total. The summed E-state index contributed by atoms with van der Waals surface area (Å²) in [5.41, 5.74) is 2.95. The van der Waals surface area contributed by atoms with E-state index in [4.69, 9.17) is 10.1 Å². The van der Waals surface area contributed by atoms with E-state index < -0.39 is 5.97 Å². The number of halogens is 1. The molecule has 0 saturated heterocycles. The van der Waals surface area contributed by atoms with Crippen LogP contribution < -0.4 is 5.32 Å². The Balaban J connectivity index is 1.86. The van der Waals surface area contributed by atoms with Crippen LogP contribution in [-0.2, 0) is 11.2 Å². The van der Waals surface area contributed by atoms with Crippen LogP contribution >= 0.6 is 39.0 Å². The number of nitrogens with one attached hydrogen (secondary N) is 1. The lowest BCUT2D eigenvalue weighted by molar-refractivity contribution is -0.133. The van der Waals surface area contributed by atoms with Crippen LogP contribution in [0, 0.1) is 6.92 Å². The zero-order valence-corrected chi connectivity index (χ0v) is 18.0. The SMILES string of the molecule is CCc1c(C)nc(-c2ccc(Br)s2)nc1Nc1ccc(SCC(=O)O)cc1. The first kappa shape index (κ1) is 19.9. The summed E-state index contributed by atoms with van der Waals surface area (Å²) in [6, 6.07) is 11.7. The van der Waals surface area contributed by atoms with Gasteiger partial charge in [-0.3, -0.25) is 4.79 Å². The molecular formula is C19H18BrN3O2S2. The van der Waals surface area contributed by atoms with Crippen molar-refractivity contribution >= 4 is 56.5 Å². The number of carboxylic acid groups (broad SMARTS) is 1. The molecule has 2 N–H and O–H groups in total. The Morgan fingerprint density at radius 3 is 2.56 bits per heavy atom. The van der Waals surface area contributed by atoms with Gasteiger partial charge >= 0.3 is 5.97 Å². The van der Waals surface area contributed by atoms with Crippen molar-refractivity contribution in [3.8, 4) is 10.7 Å². The summed E-state index contributed by atoms with van der Waals surface area (Å²) in [5, 5.41) is 12.2. The topological polar surface area (TPSA) is 75.1 Å². The maximum absolute atomic E-state index is 10.7. The predicted molar refractivity (Wildman–Crippen MR) is 115 cm³/mol. The van der Waals surface area contributed by atoms with Gasteiger partial charge in [0.05, 0.1) is 14.4 Å². The highest BCUT2D eigenvalue weighted by Gasteiger charge is 2.13. The van der Waals surface area contributed by atoms with Gasteiger partial charge < -0.3 is 10.4 Å². The molecule has 0 atom stereocenters. The molecule has 2 aromatic heterocycles. The van der Waals surface area contributed by atoms with Gasteiger partial charge in [-0.05, 0) is 65.7 Å². The first-order chi connectivity index (χ1) is 13.0. The van der Waals surface area contributed by atoms with Gasteiger partial charge in [-0.25, -0.2) is 9.97 Å². The Morgan fingerprint density at radius 1 is 1.22 bits per heavy atom. The number of thioether (sulfide) groups is 1. The molecular weight excluding hydrogens is 446 g/mol. The third kappa shape index (κ3) is 5.09. The summed E-state index contributed by atoms with van der Waals surface area (Å²) in [5.74, 6) is 0.739. The van der Waals surface area contributed by atoms with Crippen LogP contribution in [0.15, 0.2) is 45.1 Å². The smallest absolute Gasteiger partial charge is 0.313 e. The summed E-state index contributed by atoms with van der Waals surface area (Å²) < 4.78 is 1.04. The van der Waals surface area contributed by atoms with Crippen LogP contribution in [0.25, 0.3) is 10.7 Å². The Hall–Kier alpha value is -1.90. The number of aliphatic carboxylic acids is 1. The van der Waals surface area contributed by atoms with Gasteiger partial charge in [-0.1, -0.05) is 6.92 Å². The second-order valence-electron chi connectivity index (χ2n) is 5.75. The largest absolute Gasteiger partial charge is 0.481 e. The molecule has 0 aliphatic rings. The number of hydrogen-bond acceptors (Lipinski definition) is 6. The maximum Gasteiger partial charge on any atom is 0.313 e. The molecule has 0 fully saturated rings. The number of carbonyl (C=O) groups is 1. The van der Waals surface area contributed by atoms with E-state index in [2.05, 4.69) is 33.2 Å². The number of anilines is 2. The number of carboxylic acids is 1. The number of benzene rings is 1. The van der Waals surface area contributed by atoms with Gasteiger partial charge in [0.1, 0.15) is 5.82 Å². The first-order valence-electron chi connectivity index (χ1n) is 8.31. The lowest BCUT2D eigenvalue weighted by Crippen LogP contribution is -2.05. The zero-order chi connectivity index (χ0) is 19.4. The number of nitrogens with zero attached hydrogens (tertiary/aromatic N) is 2. The van der Waals surface area contributed by atoms with E-state index in [1.54, 1.807) is 11.3 Å². The highest BCUT2D eigenvalue weighted by atomic mass is 79.9. The lowest BCUT2D eigenvalue weighted by atomic mass is 10.1. The first-order valence-corrected chi connectivity index (χ1v) is 10.9. The quantitative estimate of drug-likeness (QED) is 0.433. The van der Waals surface area contributed by atoms with E-state index in [1.165, 1.54) is 11.8 Å². The molecule has 140 valence electrons. The Morgan fingerprint density at radius 2 is 1.96 bits per heavy atom. The molecule has 3 aromatic rings. The van der Waals surface area contributed by atoms with Crippen molar-refractivity contribution in [2.75, 3.05) is 11.1 Å². The minimum atomic E-state index is -0.820. The van der Waals surface area contributed by atoms with E-state index in [0.29, 0.717) is 5.82 Å². The van der Waals surface area contributed by atoms with E-state index in [-0.39, 0.29) is 5.75 Å². The van der Waals surface area contributed by atoms with E-state index in [9.17, 15) is 4.79 Å². The number of thiophene rings is 1. The standard InChI is InChI=1S/C19H18BrN3O2S2/c1-3-14-11(2)21-19(15-8-9-16(20)27-15)23-18(14)22-12-4-6-13(7-5-12)26-10-17(24)25/h4-9H,3,10H2,1-2H3,(H,24,25)(H,21,22,23). The highest BCUT2D eigenvalue weighted by molar-refractivity contribution is 9.11. The molecule has 27 heavy (non-hydrogen) atoms. The summed E-state index contributed by atoms with van der Waals surface area (Å²) in [6.07, 6.45) is 0.829. The molecule has 3 rings (SSSR count). The molecule has 0 spiro atoms. The monoisotopic (exact) mass is 463 g/mol. The van der Waals surface area contributed by atoms with Gasteiger partial charge in [0.25, 0.3) is 0 Å². The van der Waals surface area contributed by atoms with E-state index in [1.807, 2.05) is 43.3 Å². The molecule has 0 radical (unpaired) electrons. The van der Waals surface area contributed by atoms with Crippen LogP contribution in [0.1, 0.15) is 18.2 Å². The number of hydrogen-bond donors (Lipinski definition) is 2. The van der Waals surface area contributed by atoms with Gasteiger partial charge in [0, 0.05) is 21.8 Å². The third-order valence-electron chi connectivity index (χ3n) is 3.84. The fourth-order valence-electron chi connectivity index (χ4n) is 2.58. The molecule has 0 aliphatic heterocycles. The molecule has 0 bridgehead atoms. The summed E-state index contributed by atoms with van der Waals surface area (Å²) in [6.45, 7) is 4.09. The second-order valence-corrected chi connectivity index (χ2v) is 9.26. The normalized spacial score (nSPS) is 10.8. The molecule has 0 saturated carbocycles. The Kier molecular flexibility index (Phi) is 6.51. The fraction of sp³-hybridized carbons (Fsp3) is 0.211. The van der Waals surface area contributed by atoms with Gasteiger partial charge in [-0.2, -0.15) is 0 Å². The molecule has 0 amide bonds. The number of aryl methyl sites for hydroxylation is 1. The van der Waals surface area contributed by atoms with Crippen molar-refractivity contribution in [1.82, 2.24) is 9.97 Å². The molecule has 1 aromatic carbocycles. The van der Waals surface area contributed by atoms with Crippen molar-refractivity contribution in [2.24, 2.45) is 0 Å². The van der Waals surface area contributed by atoms with Crippen molar-refractivity contribution in [2.45, 2.75) is 25.2 Å². The number of rotatable bonds is 7. The predicted octanol–water partition coefficient (Wildman–Crippen LogP) is 5.76. The van der Waals surface area contributed by atoms with Crippen LogP contribution in [0.4, 0.5) is 11.5 Å². The highest BCUT2D eigenvalue weighted by Crippen LogP contribution is 2.32. The Bertz CT molecular complexity index is 958. The zero-order valence-electron chi connectivity index (χ0n) is 14.8. The van der Waals surface area contributed by atoms with Gasteiger partial charge in [0.15, 0.2) is 5.82 Å². The average Bonchev–Trinajstić information content (AvgIpc) is 3.07. The minimum absolute atomic E-state index is 0.0532. The molecule has 2 heterocycles. The summed E-state index contributed by atoms with van der Waals surface area (Å²) in [4.78, 5) is 22.0. The van der Waals surface area contributed by atoms with Gasteiger partial charge in [0.2, 0.25) is 0 Å². The van der Waals surface area contributed by atoms with E-state index in [0.717, 1.165) is 42.7 Å². The van der Waals surface area contributed by atoms with Crippen molar-refractivity contribution in [3.05, 3.63) is 51.4 Å². The Labute approximate surface area is 174 Å². The van der Waals surface area contributed by atoms with Crippen LogP contribution in [0.3, 0.4) is 0 Å². The third-order valence-corrected chi connectivity index (χ3v) is 6.46. The second kappa shape index (κ2) is 8.86. The molecule has 8 heteroatoms. The maximum atomic E-state index is 10.7. The molecule has 0 unspecified atom stereocenters. The summed E-state index contributed by atoms with van der Waals surface area (Å²) >= 11 is 6.39.